The van der Waals surface area contributed by atoms with Crippen LogP contribution in [0, 0.1) is 0 Å². The SMILES string of the molecule is CCC(C)(C)OCc1cccc(CNC(C)C)n1. The summed E-state index contributed by atoms with van der Waals surface area (Å²) in [5.74, 6) is 0. The lowest BCUT2D eigenvalue weighted by atomic mass is 10.1. The fraction of sp³-hybridized carbons (Fsp3) is 0.667. The number of nitrogens with zero attached hydrogens (tertiary/aromatic N) is 1. The largest absolute Gasteiger partial charge is 0.369 e. The minimum absolute atomic E-state index is 0.0755. The fourth-order valence-corrected chi connectivity index (χ4v) is 1.39. The Morgan fingerprint density at radius 3 is 2.56 bits per heavy atom. The van der Waals surface area contributed by atoms with Crippen LogP contribution < -0.4 is 5.32 Å². The molecule has 0 aliphatic rings. The molecule has 102 valence electrons. The molecule has 1 aromatic heterocycles. The van der Waals surface area contributed by atoms with Crippen LogP contribution in [0.1, 0.15) is 52.4 Å². The molecule has 0 fully saturated rings. The summed E-state index contributed by atoms with van der Waals surface area (Å²) in [6.45, 7) is 12.0. The number of rotatable bonds is 7. The topological polar surface area (TPSA) is 34.1 Å². The van der Waals surface area contributed by atoms with E-state index < -0.39 is 0 Å². The Kier molecular flexibility index (Phi) is 5.76. The van der Waals surface area contributed by atoms with Gasteiger partial charge in [0.15, 0.2) is 0 Å². The Morgan fingerprint density at radius 1 is 1.28 bits per heavy atom. The smallest absolute Gasteiger partial charge is 0.0895 e. The van der Waals surface area contributed by atoms with Crippen LogP contribution in [0.25, 0.3) is 0 Å². The molecule has 0 amide bonds. The van der Waals surface area contributed by atoms with Gasteiger partial charge in [-0.15, -0.1) is 0 Å². The predicted molar refractivity (Wildman–Crippen MR) is 75.4 cm³/mol. The maximum Gasteiger partial charge on any atom is 0.0895 e. The summed E-state index contributed by atoms with van der Waals surface area (Å²) in [4.78, 5) is 4.59. The molecule has 0 aliphatic carbocycles. The number of pyridine rings is 1. The Labute approximate surface area is 111 Å². The first kappa shape index (κ1) is 15.1. The van der Waals surface area contributed by atoms with Crippen LogP contribution >= 0.6 is 0 Å². The van der Waals surface area contributed by atoms with E-state index in [1.807, 2.05) is 18.2 Å². The number of aromatic nitrogens is 1. The van der Waals surface area contributed by atoms with Crippen molar-refractivity contribution < 1.29 is 4.74 Å². The molecule has 0 aliphatic heterocycles. The average Bonchev–Trinajstić information content (AvgIpc) is 2.35. The van der Waals surface area contributed by atoms with Crippen molar-refractivity contribution >= 4 is 0 Å². The Hall–Kier alpha value is -0.930. The van der Waals surface area contributed by atoms with Crippen molar-refractivity contribution in [1.29, 1.82) is 0 Å². The highest BCUT2D eigenvalue weighted by atomic mass is 16.5. The zero-order valence-corrected chi connectivity index (χ0v) is 12.3. The van der Waals surface area contributed by atoms with E-state index >= 15 is 0 Å². The molecule has 1 N–H and O–H groups in total. The van der Waals surface area contributed by atoms with Crippen LogP contribution in [0.3, 0.4) is 0 Å². The van der Waals surface area contributed by atoms with Crippen LogP contribution in [-0.2, 0) is 17.9 Å². The molecule has 3 nitrogen and oxygen atoms in total. The number of hydrogen-bond acceptors (Lipinski definition) is 3. The molecule has 0 atom stereocenters. The van der Waals surface area contributed by atoms with Crippen molar-refractivity contribution in [3.8, 4) is 0 Å². The van der Waals surface area contributed by atoms with E-state index in [4.69, 9.17) is 4.74 Å². The molecule has 0 spiro atoms. The molecule has 3 heteroatoms. The summed E-state index contributed by atoms with van der Waals surface area (Å²) in [6.07, 6.45) is 1.00. The van der Waals surface area contributed by atoms with Crippen molar-refractivity contribution in [3.05, 3.63) is 29.6 Å². The first-order chi connectivity index (χ1) is 8.43. The van der Waals surface area contributed by atoms with Gasteiger partial charge in [-0.3, -0.25) is 4.98 Å². The van der Waals surface area contributed by atoms with E-state index in [9.17, 15) is 0 Å². The molecule has 0 saturated heterocycles. The zero-order chi connectivity index (χ0) is 13.6. The zero-order valence-electron chi connectivity index (χ0n) is 12.3. The van der Waals surface area contributed by atoms with E-state index in [-0.39, 0.29) is 5.60 Å². The van der Waals surface area contributed by atoms with Crippen molar-refractivity contribution in [2.24, 2.45) is 0 Å². The van der Waals surface area contributed by atoms with Crippen molar-refractivity contribution in [2.45, 2.75) is 65.8 Å². The van der Waals surface area contributed by atoms with E-state index in [0.29, 0.717) is 12.6 Å². The van der Waals surface area contributed by atoms with Gasteiger partial charge in [0.1, 0.15) is 0 Å². The van der Waals surface area contributed by atoms with Crippen molar-refractivity contribution in [3.63, 3.8) is 0 Å². The third-order valence-electron chi connectivity index (χ3n) is 3.02. The molecular weight excluding hydrogens is 224 g/mol. The minimum atomic E-state index is -0.0755. The van der Waals surface area contributed by atoms with Gasteiger partial charge in [0.05, 0.1) is 23.6 Å². The Balaban J connectivity index is 2.54. The van der Waals surface area contributed by atoms with Gasteiger partial charge in [-0.05, 0) is 32.4 Å². The summed E-state index contributed by atoms with van der Waals surface area (Å²) in [5, 5.41) is 3.37. The van der Waals surface area contributed by atoms with Gasteiger partial charge in [0, 0.05) is 12.6 Å². The highest BCUT2D eigenvalue weighted by Gasteiger charge is 2.15. The van der Waals surface area contributed by atoms with Crippen LogP contribution in [-0.4, -0.2) is 16.6 Å². The average molecular weight is 250 g/mol. The lowest BCUT2D eigenvalue weighted by molar-refractivity contribution is -0.0330. The highest BCUT2D eigenvalue weighted by molar-refractivity contribution is 5.10. The van der Waals surface area contributed by atoms with E-state index in [2.05, 4.69) is 44.9 Å². The van der Waals surface area contributed by atoms with E-state index in [1.54, 1.807) is 0 Å². The molecule has 1 aromatic rings. The lowest BCUT2D eigenvalue weighted by Crippen LogP contribution is -2.24. The second-order valence-corrected chi connectivity index (χ2v) is 5.56. The summed E-state index contributed by atoms with van der Waals surface area (Å²) in [6, 6.07) is 6.59. The summed E-state index contributed by atoms with van der Waals surface area (Å²) >= 11 is 0. The Morgan fingerprint density at radius 2 is 1.94 bits per heavy atom. The van der Waals surface area contributed by atoms with Gasteiger partial charge in [-0.25, -0.2) is 0 Å². The van der Waals surface area contributed by atoms with Crippen molar-refractivity contribution in [1.82, 2.24) is 10.3 Å². The maximum absolute atomic E-state index is 5.86. The van der Waals surface area contributed by atoms with Crippen molar-refractivity contribution in [2.75, 3.05) is 0 Å². The highest BCUT2D eigenvalue weighted by Crippen LogP contribution is 2.15. The molecule has 1 heterocycles. The van der Waals surface area contributed by atoms with Gasteiger partial charge in [0.2, 0.25) is 0 Å². The third-order valence-corrected chi connectivity index (χ3v) is 3.02. The number of ether oxygens (including phenoxy) is 1. The van der Waals surface area contributed by atoms with Gasteiger partial charge >= 0.3 is 0 Å². The standard InChI is InChI=1S/C15H26N2O/c1-6-15(4,5)18-11-14-9-7-8-13(17-14)10-16-12(2)3/h7-9,12,16H,6,10-11H2,1-5H3. The number of hydrogen-bond donors (Lipinski definition) is 1. The maximum atomic E-state index is 5.86. The van der Waals surface area contributed by atoms with Crippen LogP contribution in [0.2, 0.25) is 0 Å². The molecule has 18 heavy (non-hydrogen) atoms. The molecule has 0 aromatic carbocycles. The quantitative estimate of drug-likeness (QED) is 0.806. The van der Waals surface area contributed by atoms with E-state index in [0.717, 1.165) is 24.4 Å². The predicted octanol–water partition coefficient (Wildman–Crippen LogP) is 3.28. The molecule has 0 bridgehead atoms. The molecule has 0 unspecified atom stereocenters. The molecule has 0 saturated carbocycles. The molecule has 0 radical (unpaired) electrons. The second kappa shape index (κ2) is 6.86. The lowest BCUT2D eigenvalue weighted by Gasteiger charge is -2.23. The Bertz CT molecular complexity index is 361. The van der Waals surface area contributed by atoms with Crippen LogP contribution in [0.4, 0.5) is 0 Å². The number of nitrogens with one attached hydrogen (secondary N) is 1. The van der Waals surface area contributed by atoms with Gasteiger partial charge < -0.3 is 10.1 Å². The summed E-state index contributed by atoms with van der Waals surface area (Å²) in [7, 11) is 0. The van der Waals surface area contributed by atoms with Gasteiger partial charge in [-0.2, -0.15) is 0 Å². The summed E-state index contributed by atoms with van der Waals surface area (Å²) < 4.78 is 5.86. The molecular formula is C15H26N2O. The fourth-order valence-electron chi connectivity index (χ4n) is 1.39. The van der Waals surface area contributed by atoms with E-state index in [1.165, 1.54) is 0 Å². The first-order valence-electron chi connectivity index (χ1n) is 6.75. The minimum Gasteiger partial charge on any atom is -0.369 e. The second-order valence-electron chi connectivity index (χ2n) is 5.56. The van der Waals surface area contributed by atoms with Gasteiger partial charge in [-0.1, -0.05) is 26.8 Å². The summed E-state index contributed by atoms with van der Waals surface area (Å²) in [5.41, 5.74) is 1.99. The van der Waals surface area contributed by atoms with Crippen LogP contribution in [0.5, 0.6) is 0 Å². The third kappa shape index (κ3) is 5.61. The van der Waals surface area contributed by atoms with Gasteiger partial charge in [0.25, 0.3) is 0 Å². The monoisotopic (exact) mass is 250 g/mol. The normalized spacial score (nSPS) is 12.1. The molecule has 1 rings (SSSR count). The van der Waals surface area contributed by atoms with Crippen LogP contribution in [0.15, 0.2) is 18.2 Å². The first-order valence-corrected chi connectivity index (χ1v) is 6.75.